The van der Waals surface area contributed by atoms with E-state index >= 15 is 0 Å². The third kappa shape index (κ3) is 3.53. The van der Waals surface area contributed by atoms with Crippen LogP contribution in [0.15, 0.2) is 41.6 Å². The van der Waals surface area contributed by atoms with Crippen molar-refractivity contribution in [1.29, 1.82) is 0 Å². The van der Waals surface area contributed by atoms with E-state index in [2.05, 4.69) is 20.8 Å². The number of carbonyl (C=O) groups is 1. The average molecular weight is 397 g/mol. The molecule has 3 aromatic rings. The number of rotatable bonds is 5. The van der Waals surface area contributed by atoms with Gasteiger partial charge in [-0.2, -0.15) is 4.68 Å². The lowest BCUT2D eigenvalue weighted by atomic mass is 10.1. The first-order valence-corrected chi connectivity index (χ1v) is 9.63. The quantitative estimate of drug-likeness (QED) is 0.661. The third-order valence-corrected chi connectivity index (χ3v) is 5.57. The molecular weight excluding hydrogens is 378 g/mol. The van der Waals surface area contributed by atoms with Crippen molar-refractivity contribution in [2.75, 3.05) is 12.1 Å². The van der Waals surface area contributed by atoms with E-state index in [-0.39, 0.29) is 12.7 Å². The summed E-state index contributed by atoms with van der Waals surface area (Å²) in [6.07, 6.45) is 0. The lowest BCUT2D eigenvalue weighted by Gasteiger charge is -2.13. The van der Waals surface area contributed by atoms with E-state index in [1.165, 1.54) is 11.8 Å². The van der Waals surface area contributed by atoms with Crippen LogP contribution in [0, 0.1) is 13.8 Å². The number of thioether (sulfide) groups is 1. The predicted molar refractivity (Wildman–Crippen MR) is 105 cm³/mol. The van der Waals surface area contributed by atoms with Crippen molar-refractivity contribution in [3.05, 3.63) is 47.5 Å². The van der Waals surface area contributed by atoms with Gasteiger partial charge in [0.15, 0.2) is 11.5 Å². The Balaban J connectivity index is 1.48. The van der Waals surface area contributed by atoms with E-state index in [1.807, 2.05) is 39.0 Å². The number of ether oxygens (including phenoxy) is 2. The molecule has 2 aromatic carbocycles. The van der Waals surface area contributed by atoms with Crippen molar-refractivity contribution in [2.45, 2.75) is 31.2 Å². The predicted octanol–water partition coefficient (Wildman–Crippen LogP) is 3.13. The number of amides is 1. The zero-order valence-corrected chi connectivity index (χ0v) is 16.5. The molecule has 1 aliphatic rings. The number of aromatic nitrogens is 4. The number of hydrogen-bond donors (Lipinski definition) is 1. The van der Waals surface area contributed by atoms with Gasteiger partial charge in [-0.25, -0.2) is 0 Å². The maximum atomic E-state index is 12.6. The fourth-order valence-electron chi connectivity index (χ4n) is 2.80. The van der Waals surface area contributed by atoms with Gasteiger partial charge in [0.25, 0.3) is 0 Å². The first kappa shape index (κ1) is 18.3. The second kappa shape index (κ2) is 7.51. The molecule has 2 heterocycles. The summed E-state index contributed by atoms with van der Waals surface area (Å²) < 4.78 is 12.3. The highest BCUT2D eigenvalue weighted by atomic mass is 32.2. The van der Waals surface area contributed by atoms with Crippen LogP contribution >= 0.6 is 11.8 Å². The molecule has 0 bridgehead atoms. The van der Waals surface area contributed by atoms with Gasteiger partial charge in [-0.15, -0.1) is 5.10 Å². The van der Waals surface area contributed by atoms with Gasteiger partial charge in [-0.3, -0.25) is 4.79 Å². The van der Waals surface area contributed by atoms with E-state index in [0.29, 0.717) is 22.3 Å². The van der Waals surface area contributed by atoms with Gasteiger partial charge in [0.1, 0.15) is 0 Å². The van der Waals surface area contributed by atoms with E-state index in [1.54, 1.807) is 22.9 Å². The second-order valence-electron chi connectivity index (χ2n) is 6.41. The van der Waals surface area contributed by atoms with Gasteiger partial charge in [-0.1, -0.05) is 23.9 Å². The van der Waals surface area contributed by atoms with Crippen molar-refractivity contribution in [2.24, 2.45) is 0 Å². The third-order valence-electron chi connectivity index (χ3n) is 4.54. The molecule has 0 saturated carbocycles. The van der Waals surface area contributed by atoms with Crippen LogP contribution in [0.5, 0.6) is 11.5 Å². The molecule has 1 aromatic heterocycles. The Morgan fingerprint density at radius 2 is 2.04 bits per heavy atom. The second-order valence-corrected chi connectivity index (χ2v) is 7.72. The van der Waals surface area contributed by atoms with E-state index < -0.39 is 5.25 Å². The Morgan fingerprint density at radius 3 is 2.89 bits per heavy atom. The number of tetrazole rings is 1. The van der Waals surface area contributed by atoms with Crippen molar-refractivity contribution in [3.8, 4) is 17.2 Å². The van der Waals surface area contributed by atoms with E-state index in [0.717, 1.165) is 16.8 Å². The summed E-state index contributed by atoms with van der Waals surface area (Å²) >= 11 is 1.30. The zero-order chi connectivity index (χ0) is 19.7. The number of aryl methyl sites for hydroxylation is 1. The topological polar surface area (TPSA) is 91.2 Å². The standard InChI is InChI=1S/C19H19N5O3S/c1-11-5-4-6-15(12(11)2)24-19(21-22-23-24)28-13(3)18(25)20-14-7-8-16-17(9-14)27-10-26-16/h4-9,13H,10H2,1-3H3,(H,20,25). The van der Waals surface area contributed by atoms with Crippen molar-refractivity contribution in [3.63, 3.8) is 0 Å². The number of benzene rings is 2. The van der Waals surface area contributed by atoms with Crippen LogP contribution in [0.3, 0.4) is 0 Å². The summed E-state index contributed by atoms with van der Waals surface area (Å²) in [5, 5.41) is 15.0. The summed E-state index contributed by atoms with van der Waals surface area (Å²) in [7, 11) is 0. The lowest BCUT2D eigenvalue weighted by molar-refractivity contribution is -0.115. The number of hydrogen-bond acceptors (Lipinski definition) is 7. The van der Waals surface area contributed by atoms with E-state index in [4.69, 9.17) is 9.47 Å². The molecule has 0 fully saturated rings. The van der Waals surface area contributed by atoms with Crippen LogP contribution in [-0.4, -0.2) is 38.2 Å². The molecule has 28 heavy (non-hydrogen) atoms. The highest BCUT2D eigenvalue weighted by Crippen LogP contribution is 2.34. The fraction of sp³-hybridized carbons (Fsp3) is 0.263. The van der Waals surface area contributed by atoms with Gasteiger partial charge in [-0.05, 0) is 60.5 Å². The molecule has 0 aliphatic carbocycles. The number of nitrogens with one attached hydrogen (secondary N) is 1. The fourth-order valence-corrected chi connectivity index (χ4v) is 3.60. The largest absolute Gasteiger partial charge is 0.454 e. The number of carbonyl (C=O) groups excluding carboxylic acids is 1. The summed E-state index contributed by atoms with van der Waals surface area (Å²) in [5.74, 6) is 1.14. The molecule has 8 nitrogen and oxygen atoms in total. The maximum absolute atomic E-state index is 12.6. The van der Waals surface area contributed by atoms with E-state index in [9.17, 15) is 4.79 Å². The molecule has 1 unspecified atom stereocenters. The van der Waals surface area contributed by atoms with Crippen molar-refractivity contribution >= 4 is 23.4 Å². The Morgan fingerprint density at radius 1 is 1.21 bits per heavy atom. The molecule has 0 spiro atoms. The van der Waals surface area contributed by atoms with Gasteiger partial charge in [0.05, 0.1) is 10.9 Å². The summed E-state index contributed by atoms with van der Waals surface area (Å²) in [4.78, 5) is 12.6. The van der Waals surface area contributed by atoms with Gasteiger partial charge >= 0.3 is 0 Å². The van der Waals surface area contributed by atoms with Crippen LogP contribution < -0.4 is 14.8 Å². The normalized spacial score (nSPS) is 13.4. The summed E-state index contributed by atoms with van der Waals surface area (Å²) in [6, 6.07) is 11.3. The molecule has 0 radical (unpaired) electrons. The molecule has 1 aliphatic heterocycles. The first-order chi connectivity index (χ1) is 13.5. The molecule has 144 valence electrons. The monoisotopic (exact) mass is 397 g/mol. The van der Waals surface area contributed by atoms with Crippen LogP contribution in [-0.2, 0) is 4.79 Å². The molecule has 1 N–H and O–H groups in total. The molecule has 4 rings (SSSR count). The summed E-state index contributed by atoms with van der Waals surface area (Å²) in [6.45, 7) is 6.07. The van der Waals surface area contributed by atoms with Crippen LogP contribution in [0.1, 0.15) is 18.1 Å². The Bertz CT molecular complexity index is 1040. The van der Waals surface area contributed by atoms with Crippen molar-refractivity contribution < 1.29 is 14.3 Å². The van der Waals surface area contributed by atoms with Gasteiger partial charge < -0.3 is 14.8 Å². The number of anilines is 1. The minimum absolute atomic E-state index is 0.153. The van der Waals surface area contributed by atoms with Crippen LogP contribution in [0.25, 0.3) is 5.69 Å². The SMILES string of the molecule is Cc1cccc(-n2nnnc2SC(C)C(=O)Nc2ccc3c(c2)OCO3)c1C. The average Bonchev–Trinajstić information content (AvgIpc) is 3.33. The number of nitrogens with zero attached hydrogens (tertiary/aromatic N) is 4. The Hall–Kier alpha value is -3.07. The van der Waals surface area contributed by atoms with Crippen LogP contribution in [0.2, 0.25) is 0 Å². The van der Waals surface area contributed by atoms with Gasteiger partial charge in [0.2, 0.25) is 17.9 Å². The summed E-state index contributed by atoms with van der Waals surface area (Å²) in [5.41, 5.74) is 3.79. The first-order valence-electron chi connectivity index (χ1n) is 8.75. The minimum Gasteiger partial charge on any atom is -0.454 e. The molecule has 1 amide bonds. The highest BCUT2D eigenvalue weighted by Gasteiger charge is 2.21. The molecule has 9 heteroatoms. The molecule has 0 saturated heterocycles. The zero-order valence-electron chi connectivity index (χ0n) is 15.7. The minimum atomic E-state index is -0.403. The van der Waals surface area contributed by atoms with Crippen molar-refractivity contribution in [1.82, 2.24) is 20.2 Å². The highest BCUT2D eigenvalue weighted by molar-refractivity contribution is 8.00. The smallest absolute Gasteiger partial charge is 0.237 e. The molecular formula is C19H19N5O3S. The maximum Gasteiger partial charge on any atom is 0.237 e. The number of fused-ring (bicyclic) bond motifs is 1. The Kier molecular flexibility index (Phi) is 4.91. The molecule has 1 atom stereocenters. The van der Waals surface area contributed by atoms with Crippen LogP contribution in [0.4, 0.5) is 5.69 Å². The van der Waals surface area contributed by atoms with Gasteiger partial charge in [0, 0.05) is 11.8 Å². The lowest BCUT2D eigenvalue weighted by Crippen LogP contribution is -2.23. The Labute approximate surface area is 166 Å².